The smallest absolute Gasteiger partial charge is 0.256 e. The first-order chi connectivity index (χ1) is 26.8. The van der Waals surface area contributed by atoms with Crippen LogP contribution in [0, 0.1) is 5.92 Å². The Labute approximate surface area is 322 Å². The van der Waals surface area contributed by atoms with Crippen molar-refractivity contribution in [3.05, 3.63) is 144 Å². The molecule has 3 heterocycles. The summed E-state index contributed by atoms with van der Waals surface area (Å²) >= 11 is 1.14. The fourth-order valence-corrected chi connectivity index (χ4v) is 7.86. The summed E-state index contributed by atoms with van der Waals surface area (Å²) in [5.74, 6) is 1.21. The Morgan fingerprint density at radius 2 is 1.44 bits per heavy atom. The van der Waals surface area contributed by atoms with Crippen molar-refractivity contribution < 1.29 is 33.6 Å². The maximum atomic E-state index is 13.0. The summed E-state index contributed by atoms with van der Waals surface area (Å²) in [6.45, 7) is 1.73. The predicted molar refractivity (Wildman–Crippen MR) is 209 cm³/mol. The van der Waals surface area contributed by atoms with Crippen molar-refractivity contribution in [2.24, 2.45) is 5.92 Å². The summed E-state index contributed by atoms with van der Waals surface area (Å²) in [7, 11) is 3.26. The minimum Gasteiger partial charge on any atom is -0.497 e. The third kappa shape index (κ3) is 7.82. The molecular weight excluding hydrogens is 719 g/mol. The number of hydrogen-bond acceptors (Lipinski definition) is 11. The van der Waals surface area contributed by atoms with Crippen molar-refractivity contribution in [1.82, 2.24) is 19.5 Å². The second-order valence-corrected chi connectivity index (χ2v) is 14.2. The Bertz CT molecular complexity index is 2170. The number of nitrogens with zero attached hydrogens (tertiary/aromatic N) is 4. The van der Waals surface area contributed by atoms with Crippen molar-refractivity contribution >= 4 is 39.8 Å². The van der Waals surface area contributed by atoms with Crippen LogP contribution in [0.2, 0.25) is 0 Å². The van der Waals surface area contributed by atoms with Crippen LogP contribution < -0.4 is 14.8 Å². The molecule has 0 aliphatic carbocycles. The van der Waals surface area contributed by atoms with Gasteiger partial charge in [-0.25, -0.2) is 15.0 Å². The van der Waals surface area contributed by atoms with Crippen LogP contribution in [-0.2, 0) is 19.9 Å². The molecule has 4 aromatic carbocycles. The zero-order chi connectivity index (χ0) is 38.4. The fraction of sp³-hybridized carbons (Fsp3) is 0.262. The Morgan fingerprint density at radius 3 is 2.04 bits per heavy atom. The van der Waals surface area contributed by atoms with E-state index in [9.17, 15) is 14.7 Å². The SMILES string of the molecule is COc1ccc(C(OCC[C@H]2O[C@@H](n3cnc4c(NC(=O)c5ccccc5)ncnc43)[C@H](O)[C@@H]2CSC(C)=O)(c2ccccc2)c2ccc(OC)cc2)cc1. The van der Waals surface area contributed by atoms with Crippen LogP contribution in [0.4, 0.5) is 5.82 Å². The Balaban J connectivity index is 1.19. The molecule has 1 aliphatic heterocycles. The fourth-order valence-electron chi connectivity index (χ4n) is 7.02. The van der Waals surface area contributed by atoms with E-state index in [0.717, 1.165) is 28.5 Å². The largest absolute Gasteiger partial charge is 0.497 e. The molecule has 12 nitrogen and oxygen atoms in total. The predicted octanol–water partition coefficient (Wildman–Crippen LogP) is 6.65. The number of anilines is 1. The van der Waals surface area contributed by atoms with Crippen LogP contribution >= 0.6 is 11.8 Å². The number of rotatable bonds is 14. The molecular formula is C42H41N5O7S. The lowest BCUT2D eigenvalue weighted by Crippen LogP contribution is -2.35. The number of thioether (sulfide) groups is 1. The number of ether oxygens (including phenoxy) is 4. The normalized spacial score (nSPS) is 18.3. The third-order valence-electron chi connectivity index (χ3n) is 9.80. The highest BCUT2D eigenvalue weighted by Crippen LogP contribution is 2.43. The lowest BCUT2D eigenvalue weighted by atomic mass is 9.80. The first kappa shape index (κ1) is 37.7. The second-order valence-electron chi connectivity index (χ2n) is 13.0. The average Bonchev–Trinajstić information content (AvgIpc) is 3.80. The first-order valence-corrected chi connectivity index (χ1v) is 18.8. The van der Waals surface area contributed by atoms with E-state index in [1.54, 1.807) is 43.1 Å². The van der Waals surface area contributed by atoms with E-state index in [4.69, 9.17) is 18.9 Å². The minimum atomic E-state index is -1.04. The summed E-state index contributed by atoms with van der Waals surface area (Å²) in [6.07, 6.45) is 0.822. The summed E-state index contributed by atoms with van der Waals surface area (Å²) in [5, 5.41) is 14.6. The molecule has 2 aromatic heterocycles. The molecule has 13 heteroatoms. The molecule has 1 amide bonds. The van der Waals surface area contributed by atoms with Crippen molar-refractivity contribution in [2.45, 2.75) is 37.4 Å². The monoisotopic (exact) mass is 759 g/mol. The standard InChI is InChI=1S/C42H41N5O7S/c1-27(48)55-24-34-35(54-41(37(34)49)47-26-45-36-38(43-25-44-39(36)47)46-40(50)28-10-6-4-7-11-28)22-23-53-42(29-12-8-5-9-13-29,30-14-18-32(51-2)19-15-30)31-16-20-33(52-3)21-17-31/h4-21,25-26,34-35,37,41,49H,22-24H2,1-3H3,(H,43,44,46,50)/t34-,35-,37-,41-/m1/s1. The number of fused-ring (bicyclic) bond motifs is 1. The molecule has 1 saturated heterocycles. The number of aromatic nitrogens is 4. The zero-order valence-electron chi connectivity index (χ0n) is 30.6. The number of carbonyl (C=O) groups excluding carboxylic acids is 2. The topological polar surface area (TPSA) is 147 Å². The molecule has 0 spiro atoms. The molecule has 1 fully saturated rings. The van der Waals surface area contributed by atoms with Gasteiger partial charge in [0.05, 0.1) is 33.3 Å². The number of hydrogen-bond donors (Lipinski definition) is 2. The van der Waals surface area contributed by atoms with Gasteiger partial charge in [0.25, 0.3) is 5.91 Å². The Kier molecular flexibility index (Phi) is 11.5. The van der Waals surface area contributed by atoms with Gasteiger partial charge in [-0.15, -0.1) is 0 Å². The summed E-state index contributed by atoms with van der Waals surface area (Å²) in [5.41, 5.74) is 2.83. The molecule has 0 saturated carbocycles. The van der Waals surface area contributed by atoms with Crippen molar-refractivity contribution in [3.63, 3.8) is 0 Å². The molecule has 4 atom stereocenters. The van der Waals surface area contributed by atoms with Crippen molar-refractivity contribution in [3.8, 4) is 11.5 Å². The van der Waals surface area contributed by atoms with E-state index in [1.807, 2.05) is 84.9 Å². The van der Waals surface area contributed by atoms with E-state index >= 15 is 0 Å². The van der Waals surface area contributed by atoms with Crippen LogP contribution in [0.5, 0.6) is 11.5 Å². The van der Waals surface area contributed by atoms with Crippen LogP contribution in [-0.4, -0.2) is 74.4 Å². The van der Waals surface area contributed by atoms with Gasteiger partial charge in [-0.05, 0) is 59.5 Å². The summed E-state index contributed by atoms with van der Waals surface area (Å²) in [6, 6.07) is 34.4. The van der Waals surface area contributed by atoms with Gasteiger partial charge in [-0.1, -0.05) is 84.6 Å². The quantitative estimate of drug-likeness (QED) is 0.115. The van der Waals surface area contributed by atoms with Gasteiger partial charge < -0.3 is 29.4 Å². The molecule has 6 aromatic rings. The zero-order valence-corrected chi connectivity index (χ0v) is 31.4. The Hall–Kier alpha value is -5.60. The lowest BCUT2D eigenvalue weighted by molar-refractivity contribution is -0.109. The minimum absolute atomic E-state index is 0.0626. The van der Waals surface area contributed by atoms with Crippen molar-refractivity contribution in [2.75, 3.05) is 31.9 Å². The first-order valence-electron chi connectivity index (χ1n) is 17.8. The van der Waals surface area contributed by atoms with E-state index in [1.165, 1.54) is 19.6 Å². The van der Waals surface area contributed by atoms with Crippen molar-refractivity contribution in [1.29, 1.82) is 0 Å². The van der Waals surface area contributed by atoms with Gasteiger partial charge in [0, 0.05) is 24.2 Å². The third-order valence-corrected chi connectivity index (χ3v) is 10.8. The molecule has 7 rings (SSSR count). The maximum Gasteiger partial charge on any atom is 0.256 e. The average molecular weight is 760 g/mol. The van der Waals surface area contributed by atoms with Gasteiger partial charge >= 0.3 is 0 Å². The summed E-state index contributed by atoms with van der Waals surface area (Å²) < 4.78 is 26.4. The van der Waals surface area contributed by atoms with Gasteiger partial charge in [-0.2, -0.15) is 0 Å². The molecule has 2 N–H and O–H groups in total. The molecule has 0 bridgehead atoms. The van der Waals surface area contributed by atoms with Crippen LogP contribution in [0.25, 0.3) is 11.2 Å². The van der Waals surface area contributed by atoms with E-state index < -0.39 is 30.0 Å². The number of nitrogens with one attached hydrogen (secondary N) is 1. The van der Waals surface area contributed by atoms with E-state index in [2.05, 4.69) is 20.3 Å². The van der Waals surface area contributed by atoms with Gasteiger partial charge in [0.15, 0.2) is 28.3 Å². The number of amides is 1. The number of carbonyl (C=O) groups is 2. The van der Waals surface area contributed by atoms with Gasteiger partial charge in [-0.3, -0.25) is 14.2 Å². The molecule has 0 radical (unpaired) electrons. The highest BCUT2D eigenvalue weighted by molar-refractivity contribution is 8.13. The molecule has 0 unspecified atom stereocenters. The Morgan fingerprint density at radius 1 is 0.836 bits per heavy atom. The number of aliphatic hydroxyl groups is 1. The lowest BCUT2D eigenvalue weighted by Gasteiger charge is -2.36. The number of aliphatic hydroxyl groups excluding tert-OH is 1. The number of benzene rings is 4. The van der Waals surface area contributed by atoms with Crippen LogP contribution in [0.15, 0.2) is 122 Å². The van der Waals surface area contributed by atoms with Crippen LogP contribution in [0.1, 0.15) is 46.6 Å². The molecule has 1 aliphatic rings. The van der Waals surface area contributed by atoms with Crippen LogP contribution in [0.3, 0.4) is 0 Å². The second kappa shape index (κ2) is 16.8. The number of imidazole rings is 1. The highest BCUT2D eigenvalue weighted by atomic mass is 32.2. The maximum absolute atomic E-state index is 13.0. The molecule has 282 valence electrons. The van der Waals surface area contributed by atoms with Gasteiger partial charge in [0.1, 0.15) is 29.5 Å². The highest BCUT2D eigenvalue weighted by Gasteiger charge is 2.46. The number of methoxy groups -OCH3 is 2. The van der Waals surface area contributed by atoms with Gasteiger partial charge in [0.2, 0.25) is 0 Å². The summed E-state index contributed by atoms with van der Waals surface area (Å²) in [4.78, 5) is 38.4. The van der Waals surface area contributed by atoms with E-state index in [-0.39, 0.29) is 23.4 Å². The van der Waals surface area contributed by atoms with E-state index in [0.29, 0.717) is 40.4 Å². The molecule has 55 heavy (non-hydrogen) atoms.